The van der Waals surface area contributed by atoms with Crippen LogP contribution in [0.1, 0.15) is 49.2 Å². The summed E-state index contributed by atoms with van der Waals surface area (Å²) >= 11 is 1.18. The number of aromatic nitrogens is 1. The van der Waals surface area contributed by atoms with Crippen LogP contribution in [0.25, 0.3) is 0 Å². The van der Waals surface area contributed by atoms with Crippen molar-refractivity contribution >= 4 is 45.8 Å². The van der Waals surface area contributed by atoms with Crippen LogP contribution in [0.5, 0.6) is 0 Å². The van der Waals surface area contributed by atoms with Gasteiger partial charge in [0.05, 0.1) is 30.0 Å². The number of thiazole rings is 1. The van der Waals surface area contributed by atoms with Gasteiger partial charge in [0.25, 0.3) is 11.8 Å². The number of nitrogens with one attached hydrogen (secondary N) is 1. The number of anilines is 2. The Labute approximate surface area is 189 Å². The first-order valence-electron chi connectivity index (χ1n) is 10.6. The van der Waals surface area contributed by atoms with Crippen molar-refractivity contribution in [2.75, 3.05) is 23.4 Å². The molecule has 32 heavy (non-hydrogen) atoms. The molecule has 1 unspecified atom stereocenters. The molecule has 2 aliphatic rings. The first-order chi connectivity index (χ1) is 15.4. The Morgan fingerprint density at radius 3 is 2.78 bits per heavy atom. The molecule has 1 aromatic heterocycles. The molecule has 1 fully saturated rings. The summed E-state index contributed by atoms with van der Waals surface area (Å²) in [4.78, 5) is 58.9. The van der Waals surface area contributed by atoms with E-state index in [1.165, 1.54) is 21.1 Å². The van der Waals surface area contributed by atoms with Crippen LogP contribution < -0.4 is 10.2 Å². The van der Waals surface area contributed by atoms with Crippen molar-refractivity contribution in [3.8, 4) is 0 Å². The van der Waals surface area contributed by atoms with Crippen LogP contribution in [0.3, 0.4) is 0 Å². The molecular formula is C22H24N4O5S. The van der Waals surface area contributed by atoms with Crippen molar-refractivity contribution < 1.29 is 23.9 Å². The minimum absolute atomic E-state index is 0.00376. The second-order valence-electron chi connectivity index (χ2n) is 7.60. The highest BCUT2D eigenvalue weighted by Crippen LogP contribution is 2.45. The number of hydrogen-bond donors (Lipinski definition) is 1. The summed E-state index contributed by atoms with van der Waals surface area (Å²) in [6.07, 6.45) is 0.982. The first kappa shape index (κ1) is 21.9. The van der Waals surface area contributed by atoms with Gasteiger partial charge in [0.2, 0.25) is 11.6 Å². The van der Waals surface area contributed by atoms with Gasteiger partial charge in [-0.2, -0.15) is 0 Å². The number of nitrogens with zero attached hydrogens (tertiary/aromatic N) is 3. The molecule has 1 saturated heterocycles. The lowest BCUT2D eigenvalue weighted by Gasteiger charge is -2.49. The lowest BCUT2D eigenvalue weighted by atomic mass is 9.95. The van der Waals surface area contributed by atoms with Gasteiger partial charge in [-0.15, -0.1) is 11.3 Å². The minimum Gasteiger partial charge on any atom is -0.466 e. The molecule has 1 atom stereocenters. The lowest BCUT2D eigenvalue weighted by Crippen LogP contribution is -2.69. The van der Waals surface area contributed by atoms with Crippen LogP contribution in [0.2, 0.25) is 0 Å². The van der Waals surface area contributed by atoms with E-state index < -0.39 is 17.5 Å². The third-order valence-electron chi connectivity index (χ3n) is 5.59. The van der Waals surface area contributed by atoms with Crippen LogP contribution in [0, 0.1) is 0 Å². The number of ether oxygens (including phenoxy) is 1. The van der Waals surface area contributed by atoms with Crippen LogP contribution in [0.4, 0.5) is 10.8 Å². The molecule has 168 valence electrons. The van der Waals surface area contributed by atoms with Crippen molar-refractivity contribution in [2.24, 2.45) is 0 Å². The summed E-state index contributed by atoms with van der Waals surface area (Å²) in [5, 5.41) is 4.76. The number of para-hydroxylation sites is 1. The zero-order valence-corrected chi connectivity index (χ0v) is 18.7. The number of carbonyl (C=O) groups excluding carboxylic acids is 4. The molecule has 1 aromatic carbocycles. The molecule has 9 nitrogen and oxygen atoms in total. The maximum absolute atomic E-state index is 13.7. The molecular weight excluding hydrogens is 432 g/mol. The molecule has 0 saturated carbocycles. The number of hydrogen-bond acceptors (Lipinski definition) is 7. The summed E-state index contributed by atoms with van der Waals surface area (Å²) in [6, 6.07) is 6.87. The largest absolute Gasteiger partial charge is 0.466 e. The quantitative estimate of drug-likeness (QED) is 0.642. The fourth-order valence-corrected chi connectivity index (χ4v) is 5.02. The van der Waals surface area contributed by atoms with Crippen LogP contribution in [-0.4, -0.2) is 52.4 Å². The molecule has 4 rings (SSSR count). The van der Waals surface area contributed by atoms with E-state index >= 15 is 0 Å². The first-order valence-corrected chi connectivity index (χ1v) is 11.5. The van der Waals surface area contributed by atoms with Crippen molar-refractivity contribution in [1.82, 2.24) is 9.88 Å². The highest BCUT2D eigenvalue weighted by Gasteiger charge is 2.60. The van der Waals surface area contributed by atoms with E-state index in [1.54, 1.807) is 36.6 Å². The molecule has 0 spiro atoms. The predicted molar refractivity (Wildman–Crippen MR) is 118 cm³/mol. The normalized spacial score (nSPS) is 19.6. The third-order valence-corrected chi connectivity index (χ3v) is 6.39. The monoisotopic (exact) mass is 456 g/mol. The summed E-state index contributed by atoms with van der Waals surface area (Å²) < 4.78 is 4.93. The van der Waals surface area contributed by atoms with E-state index in [4.69, 9.17) is 4.74 Å². The fourth-order valence-electron chi connectivity index (χ4n) is 4.31. The topological polar surface area (TPSA) is 109 Å². The van der Waals surface area contributed by atoms with Crippen molar-refractivity contribution in [2.45, 2.75) is 45.2 Å². The van der Waals surface area contributed by atoms with E-state index in [9.17, 15) is 19.2 Å². The summed E-state index contributed by atoms with van der Waals surface area (Å²) in [7, 11) is 0. The molecule has 10 heteroatoms. The second-order valence-corrected chi connectivity index (χ2v) is 8.46. The van der Waals surface area contributed by atoms with Gasteiger partial charge in [0, 0.05) is 24.8 Å². The van der Waals surface area contributed by atoms with Gasteiger partial charge < -0.3 is 9.64 Å². The summed E-state index contributed by atoms with van der Waals surface area (Å²) in [5.74, 6) is -1.36. The standard InChI is InChI=1S/C22H24N4O5S/c1-3-11-25-19(29)15-7-5-6-8-16(15)26-17(27)9-10-22(25,26)20(30)24-21-23-14(13-32-21)12-18(28)31-4-2/h5-8,13H,3-4,9-12H2,1-2H3,(H,23,24,30). The highest BCUT2D eigenvalue weighted by molar-refractivity contribution is 7.14. The van der Waals surface area contributed by atoms with Gasteiger partial charge in [0.1, 0.15) is 0 Å². The van der Waals surface area contributed by atoms with Crippen molar-refractivity contribution in [3.05, 3.63) is 40.9 Å². The van der Waals surface area contributed by atoms with Crippen molar-refractivity contribution in [3.63, 3.8) is 0 Å². The number of benzene rings is 1. The van der Waals surface area contributed by atoms with Crippen LogP contribution in [0.15, 0.2) is 29.6 Å². The van der Waals surface area contributed by atoms with Gasteiger partial charge in [0.15, 0.2) is 5.13 Å². The average molecular weight is 457 g/mol. The Balaban J connectivity index is 1.68. The van der Waals surface area contributed by atoms with Gasteiger partial charge in [-0.3, -0.25) is 29.4 Å². The van der Waals surface area contributed by atoms with E-state index in [1.807, 2.05) is 6.92 Å². The highest BCUT2D eigenvalue weighted by atomic mass is 32.1. The SMILES string of the molecule is CCCN1C(=O)c2ccccc2N2C(=O)CCC12C(=O)Nc1nc(CC(=O)OCC)cs1. The van der Waals surface area contributed by atoms with Crippen molar-refractivity contribution in [1.29, 1.82) is 0 Å². The zero-order chi connectivity index (χ0) is 22.9. The molecule has 0 radical (unpaired) electrons. The summed E-state index contributed by atoms with van der Waals surface area (Å²) in [5.41, 5.74) is -0.114. The molecule has 2 aliphatic heterocycles. The third kappa shape index (κ3) is 3.54. The van der Waals surface area contributed by atoms with Crippen LogP contribution >= 0.6 is 11.3 Å². The smallest absolute Gasteiger partial charge is 0.311 e. The lowest BCUT2D eigenvalue weighted by molar-refractivity contribution is -0.142. The number of amides is 3. The molecule has 1 N–H and O–H groups in total. The van der Waals surface area contributed by atoms with Gasteiger partial charge in [-0.25, -0.2) is 4.98 Å². The van der Waals surface area contributed by atoms with E-state index in [2.05, 4.69) is 10.3 Å². The predicted octanol–water partition coefficient (Wildman–Crippen LogP) is 2.58. The second kappa shape index (κ2) is 8.70. The number of carbonyl (C=O) groups is 4. The average Bonchev–Trinajstić information content (AvgIpc) is 3.36. The molecule has 0 aliphatic carbocycles. The molecule has 3 amide bonds. The maximum atomic E-state index is 13.7. The Morgan fingerprint density at radius 2 is 2.03 bits per heavy atom. The molecule has 2 aromatic rings. The Bertz CT molecular complexity index is 1080. The number of rotatable bonds is 7. The maximum Gasteiger partial charge on any atom is 0.311 e. The van der Waals surface area contributed by atoms with E-state index in [-0.39, 0.29) is 37.7 Å². The minimum atomic E-state index is -1.45. The van der Waals surface area contributed by atoms with E-state index in [0.717, 1.165) is 0 Å². The van der Waals surface area contributed by atoms with Gasteiger partial charge in [-0.05, 0) is 25.5 Å². The van der Waals surface area contributed by atoms with E-state index in [0.29, 0.717) is 35.0 Å². The fraction of sp³-hybridized carbons (Fsp3) is 0.409. The summed E-state index contributed by atoms with van der Waals surface area (Å²) in [6.45, 7) is 4.26. The molecule has 0 bridgehead atoms. The Morgan fingerprint density at radius 1 is 1.25 bits per heavy atom. The van der Waals surface area contributed by atoms with Gasteiger partial charge >= 0.3 is 5.97 Å². The zero-order valence-electron chi connectivity index (χ0n) is 17.9. The number of esters is 1. The number of fused-ring (bicyclic) bond motifs is 3. The van der Waals surface area contributed by atoms with Gasteiger partial charge in [-0.1, -0.05) is 19.1 Å². The van der Waals surface area contributed by atoms with Crippen LogP contribution in [-0.2, 0) is 25.5 Å². The Hall–Kier alpha value is -3.27. The Kier molecular flexibility index (Phi) is 5.96. The molecule has 3 heterocycles.